The second kappa shape index (κ2) is 8.09. The fourth-order valence-electron chi connectivity index (χ4n) is 3.90. The summed E-state index contributed by atoms with van der Waals surface area (Å²) < 4.78 is 0. The molecule has 1 saturated heterocycles. The Balaban J connectivity index is 1.50. The van der Waals surface area contributed by atoms with Crippen LogP contribution in [-0.4, -0.2) is 37.0 Å². The topological polar surface area (TPSA) is 44.4 Å². The molecule has 6 heteroatoms. The smallest absolute Gasteiger partial charge is 0.224 e. The summed E-state index contributed by atoms with van der Waals surface area (Å²) in [6, 6.07) is 10.4. The van der Waals surface area contributed by atoms with Gasteiger partial charge in [-0.3, -0.25) is 9.69 Å². The van der Waals surface area contributed by atoms with E-state index in [-0.39, 0.29) is 17.9 Å². The number of hydrogen-bond donors (Lipinski definition) is 2. The third-order valence-corrected chi connectivity index (χ3v) is 6.71. The number of hydrogen-bond acceptors (Lipinski definition) is 4. The van der Waals surface area contributed by atoms with Crippen LogP contribution >= 0.6 is 22.9 Å². The molecule has 2 atom stereocenters. The van der Waals surface area contributed by atoms with Gasteiger partial charge in [0, 0.05) is 36.1 Å². The lowest BCUT2D eigenvalue weighted by atomic mass is 10.0. The van der Waals surface area contributed by atoms with Crippen LogP contribution in [0, 0.1) is 5.92 Å². The van der Waals surface area contributed by atoms with Gasteiger partial charge >= 0.3 is 0 Å². The van der Waals surface area contributed by atoms with Crippen molar-refractivity contribution in [2.75, 3.05) is 26.2 Å². The van der Waals surface area contributed by atoms with Crippen LogP contribution in [0.1, 0.15) is 28.5 Å². The highest BCUT2D eigenvalue weighted by Crippen LogP contribution is 2.30. The van der Waals surface area contributed by atoms with Crippen LogP contribution < -0.4 is 10.6 Å². The van der Waals surface area contributed by atoms with Crippen molar-refractivity contribution in [2.45, 2.75) is 25.4 Å². The molecular formula is C20H24ClN3OS. The first-order valence-corrected chi connectivity index (χ1v) is 10.5. The van der Waals surface area contributed by atoms with Crippen LogP contribution in [0.2, 0.25) is 5.02 Å². The summed E-state index contributed by atoms with van der Waals surface area (Å²) in [5.74, 6) is 0.271. The Kier molecular flexibility index (Phi) is 5.60. The predicted octanol–water partition coefficient (Wildman–Crippen LogP) is 3.23. The van der Waals surface area contributed by atoms with Crippen molar-refractivity contribution < 1.29 is 4.79 Å². The van der Waals surface area contributed by atoms with E-state index in [1.165, 1.54) is 16.0 Å². The van der Waals surface area contributed by atoms with E-state index in [0.717, 1.165) is 44.0 Å². The minimum atomic E-state index is 0.103. The predicted molar refractivity (Wildman–Crippen MR) is 107 cm³/mol. The molecule has 2 unspecified atom stereocenters. The minimum Gasteiger partial charge on any atom is -0.354 e. The van der Waals surface area contributed by atoms with Gasteiger partial charge in [0.1, 0.15) is 0 Å². The zero-order chi connectivity index (χ0) is 17.9. The molecule has 2 N–H and O–H groups in total. The molecular weight excluding hydrogens is 366 g/mol. The summed E-state index contributed by atoms with van der Waals surface area (Å²) in [5, 5.41) is 9.39. The van der Waals surface area contributed by atoms with Crippen LogP contribution in [0.5, 0.6) is 0 Å². The molecule has 3 heterocycles. The highest BCUT2D eigenvalue weighted by molar-refractivity contribution is 7.10. The Morgan fingerprint density at radius 2 is 2.19 bits per heavy atom. The van der Waals surface area contributed by atoms with Crippen molar-refractivity contribution in [1.82, 2.24) is 15.5 Å². The standard InChI is InChI=1S/C20H24ClN3OS/c21-17-3-1-14(2-4-17)18(12-23-20(25)15-5-8-22-11-15)24-9-6-19-16(13-24)7-10-26-19/h1-4,7,10,15,18,22H,5-6,8-9,11-13H2,(H,23,25). The van der Waals surface area contributed by atoms with Gasteiger partial charge < -0.3 is 10.6 Å². The van der Waals surface area contributed by atoms with Gasteiger partial charge in [-0.15, -0.1) is 11.3 Å². The number of amides is 1. The zero-order valence-electron chi connectivity index (χ0n) is 14.7. The molecule has 1 amide bonds. The number of halogens is 1. The molecule has 138 valence electrons. The highest BCUT2D eigenvalue weighted by atomic mass is 35.5. The number of benzene rings is 1. The number of nitrogens with one attached hydrogen (secondary N) is 2. The molecule has 0 bridgehead atoms. The maximum atomic E-state index is 12.5. The number of thiophene rings is 1. The average molecular weight is 390 g/mol. The van der Waals surface area contributed by atoms with Crippen LogP contribution in [0.4, 0.5) is 0 Å². The van der Waals surface area contributed by atoms with E-state index in [4.69, 9.17) is 11.6 Å². The first-order chi connectivity index (χ1) is 12.7. The Bertz CT molecular complexity index is 755. The molecule has 0 aliphatic carbocycles. The Hall–Kier alpha value is -1.40. The number of carbonyl (C=O) groups is 1. The number of rotatable bonds is 5. The summed E-state index contributed by atoms with van der Waals surface area (Å²) in [5.41, 5.74) is 2.63. The van der Waals surface area contributed by atoms with Gasteiger partial charge in [-0.2, -0.15) is 0 Å². The third-order valence-electron chi connectivity index (χ3n) is 5.43. The fraction of sp³-hybridized carbons (Fsp3) is 0.450. The van der Waals surface area contributed by atoms with E-state index < -0.39 is 0 Å². The monoisotopic (exact) mass is 389 g/mol. The molecule has 0 saturated carbocycles. The first-order valence-electron chi connectivity index (χ1n) is 9.24. The van der Waals surface area contributed by atoms with Gasteiger partial charge in [-0.1, -0.05) is 23.7 Å². The highest BCUT2D eigenvalue weighted by Gasteiger charge is 2.28. The molecule has 2 aliphatic rings. The van der Waals surface area contributed by atoms with E-state index >= 15 is 0 Å². The van der Waals surface area contributed by atoms with Gasteiger partial charge in [0.15, 0.2) is 0 Å². The number of fused-ring (bicyclic) bond motifs is 1. The van der Waals surface area contributed by atoms with Gasteiger partial charge in [0.05, 0.1) is 12.0 Å². The number of nitrogens with zero attached hydrogens (tertiary/aromatic N) is 1. The quantitative estimate of drug-likeness (QED) is 0.825. The Morgan fingerprint density at radius 3 is 2.96 bits per heavy atom. The summed E-state index contributed by atoms with van der Waals surface area (Å²) in [7, 11) is 0. The zero-order valence-corrected chi connectivity index (χ0v) is 16.3. The lowest BCUT2D eigenvalue weighted by Crippen LogP contribution is -2.42. The normalized spacial score (nSPS) is 21.3. The first kappa shape index (κ1) is 18.0. The molecule has 1 aromatic carbocycles. The molecule has 2 aliphatic heterocycles. The van der Waals surface area contributed by atoms with Crippen molar-refractivity contribution in [1.29, 1.82) is 0 Å². The van der Waals surface area contributed by atoms with Crippen molar-refractivity contribution in [3.05, 3.63) is 56.7 Å². The van der Waals surface area contributed by atoms with Gasteiger partial charge in [0.25, 0.3) is 0 Å². The van der Waals surface area contributed by atoms with Crippen molar-refractivity contribution in [2.24, 2.45) is 5.92 Å². The van der Waals surface area contributed by atoms with Gasteiger partial charge in [-0.05, 0) is 54.1 Å². The van der Waals surface area contributed by atoms with Gasteiger partial charge in [0.2, 0.25) is 5.91 Å². The third kappa shape index (κ3) is 3.96. The summed E-state index contributed by atoms with van der Waals surface area (Å²) >= 11 is 7.93. The Labute approximate surface area is 163 Å². The van der Waals surface area contributed by atoms with Crippen LogP contribution in [-0.2, 0) is 17.8 Å². The van der Waals surface area contributed by atoms with Crippen molar-refractivity contribution in [3.8, 4) is 0 Å². The maximum Gasteiger partial charge on any atom is 0.224 e. The molecule has 0 spiro atoms. The molecule has 4 rings (SSSR count). The lowest BCUT2D eigenvalue weighted by Gasteiger charge is -2.35. The van der Waals surface area contributed by atoms with E-state index in [1.54, 1.807) is 0 Å². The molecule has 2 aromatic rings. The fourth-order valence-corrected chi connectivity index (χ4v) is 4.91. The van der Waals surface area contributed by atoms with Crippen molar-refractivity contribution >= 4 is 28.8 Å². The van der Waals surface area contributed by atoms with Crippen LogP contribution in [0.25, 0.3) is 0 Å². The Morgan fingerprint density at radius 1 is 1.35 bits per heavy atom. The molecule has 4 nitrogen and oxygen atoms in total. The van der Waals surface area contributed by atoms with E-state index in [9.17, 15) is 4.79 Å². The maximum absolute atomic E-state index is 12.5. The SMILES string of the molecule is O=C(NCC(c1ccc(Cl)cc1)N1CCc2sccc2C1)C1CCNC1. The summed E-state index contributed by atoms with van der Waals surface area (Å²) in [6.45, 7) is 4.32. The second-order valence-corrected chi connectivity index (χ2v) is 8.53. The van der Waals surface area contributed by atoms with E-state index in [2.05, 4.69) is 39.1 Å². The van der Waals surface area contributed by atoms with E-state index in [1.807, 2.05) is 23.5 Å². The largest absolute Gasteiger partial charge is 0.354 e. The molecule has 26 heavy (non-hydrogen) atoms. The summed E-state index contributed by atoms with van der Waals surface area (Å²) in [6.07, 6.45) is 2.01. The van der Waals surface area contributed by atoms with Crippen LogP contribution in [0.3, 0.4) is 0 Å². The second-order valence-electron chi connectivity index (χ2n) is 7.09. The molecule has 1 fully saturated rings. The number of carbonyl (C=O) groups excluding carboxylic acids is 1. The van der Waals surface area contributed by atoms with Crippen LogP contribution in [0.15, 0.2) is 35.7 Å². The molecule has 1 aromatic heterocycles. The summed E-state index contributed by atoms with van der Waals surface area (Å²) in [4.78, 5) is 16.5. The van der Waals surface area contributed by atoms with Gasteiger partial charge in [-0.25, -0.2) is 0 Å². The lowest BCUT2D eigenvalue weighted by molar-refractivity contribution is -0.124. The van der Waals surface area contributed by atoms with E-state index in [0.29, 0.717) is 6.54 Å². The average Bonchev–Trinajstić information content (AvgIpc) is 3.34. The van der Waals surface area contributed by atoms with Crippen molar-refractivity contribution in [3.63, 3.8) is 0 Å². The molecule has 0 radical (unpaired) electrons. The minimum absolute atomic E-state index is 0.103.